The molecule has 1 aliphatic carbocycles. The molecule has 0 spiro atoms. The first kappa shape index (κ1) is 16.4. The van der Waals surface area contributed by atoms with Crippen LogP contribution in [0, 0.1) is 11.3 Å². The van der Waals surface area contributed by atoms with E-state index >= 15 is 0 Å². The second kappa shape index (κ2) is 6.58. The van der Waals surface area contributed by atoms with Gasteiger partial charge < -0.3 is 15.0 Å². The number of hydrogen-bond donors (Lipinski definition) is 1. The summed E-state index contributed by atoms with van der Waals surface area (Å²) >= 11 is 6.13. The zero-order chi connectivity index (χ0) is 17.2. The number of carbonyl (C=O) groups excluding carboxylic acids is 1. The first-order valence-corrected chi connectivity index (χ1v) is 8.13. The summed E-state index contributed by atoms with van der Waals surface area (Å²) in [5.74, 6) is 0.525. The Hall–Kier alpha value is -2.45. The second-order valence-electron chi connectivity index (χ2n) is 5.95. The maximum Gasteiger partial charge on any atom is 0.228 e. The number of rotatable bonds is 5. The summed E-state index contributed by atoms with van der Waals surface area (Å²) in [5.41, 5.74) is 1.12. The fourth-order valence-electron chi connectivity index (χ4n) is 2.68. The van der Waals surface area contributed by atoms with Crippen LogP contribution in [0.3, 0.4) is 0 Å². The normalized spacial score (nSPS) is 17.7. The van der Waals surface area contributed by atoms with Gasteiger partial charge in [0.05, 0.1) is 19.6 Å². The Morgan fingerprint density at radius 1 is 1.50 bits per heavy atom. The fourth-order valence-corrected chi connectivity index (χ4v) is 2.86. The van der Waals surface area contributed by atoms with Gasteiger partial charge in [-0.05, 0) is 48.8 Å². The minimum absolute atomic E-state index is 0.143. The number of nitrogens with one attached hydrogen (secondary N) is 1. The van der Waals surface area contributed by atoms with Crippen LogP contribution >= 0.6 is 11.6 Å². The third-order valence-electron chi connectivity index (χ3n) is 4.31. The number of halogens is 1. The zero-order valence-electron chi connectivity index (χ0n) is 13.4. The molecular weight excluding hydrogens is 326 g/mol. The highest BCUT2D eigenvalue weighted by Gasteiger charge is 2.47. The molecule has 1 heterocycles. The van der Waals surface area contributed by atoms with Gasteiger partial charge in [0.2, 0.25) is 5.91 Å². The molecule has 0 saturated heterocycles. The van der Waals surface area contributed by atoms with Crippen molar-refractivity contribution in [1.29, 1.82) is 5.26 Å². The van der Waals surface area contributed by atoms with Crippen molar-refractivity contribution in [1.82, 2.24) is 10.2 Å². The van der Waals surface area contributed by atoms with Crippen LogP contribution in [0.2, 0.25) is 5.02 Å². The second-order valence-corrected chi connectivity index (χ2v) is 6.36. The third-order valence-corrected chi connectivity index (χ3v) is 4.68. The van der Waals surface area contributed by atoms with Crippen molar-refractivity contribution >= 4 is 17.5 Å². The summed E-state index contributed by atoms with van der Waals surface area (Å²) in [5, 5.41) is 12.6. The van der Waals surface area contributed by atoms with E-state index in [1.807, 2.05) is 23.3 Å². The molecule has 0 unspecified atom stereocenters. The average Bonchev–Trinajstić information content (AvgIpc) is 3.39. The van der Waals surface area contributed by atoms with Crippen LogP contribution < -0.4 is 10.1 Å². The quantitative estimate of drug-likeness (QED) is 0.892. The molecule has 1 fully saturated rings. The molecule has 124 valence electrons. The molecule has 1 saturated carbocycles. The topological polar surface area (TPSA) is 65.4 Å². The van der Waals surface area contributed by atoms with Crippen LogP contribution in [0.15, 0.2) is 42.2 Å². The van der Waals surface area contributed by atoms with Gasteiger partial charge in [0.1, 0.15) is 11.3 Å². The first-order valence-electron chi connectivity index (χ1n) is 7.75. The Bertz CT molecular complexity index is 760. The average molecular weight is 344 g/mol. The van der Waals surface area contributed by atoms with E-state index in [-0.39, 0.29) is 17.9 Å². The highest BCUT2D eigenvalue weighted by atomic mass is 35.5. The molecule has 1 aromatic rings. The van der Waals surface area contributed by atoms with Gasteiger partial charge >= 0.3 is 0 Å². The molecule has 5 nitrogen and oxygen atoms in total. The van der Waals surface area contributed by atoms with Crippen molar-refractivity contribution in [2.45, 2.75) is 24.8 Å². The molecule has 0 bridgehead atoms. The fraction of sp³-hybridized carbons (Fsp3) is 0.333. The van der Waals surface area contributed by atoms with Crippen molar-refractivity contribution < 1.29 is 9.53 Å². The molecular formula is C18H18ClN3O2. The lowest BCUT2D eigenvalue weighted by atomic mass is 10.1. The number of nitriles is 1. The van der Waals surface area contributed by atoms with E-state index in [0.29, 0.717) is 17.3 Å². The van der Waals surface area contributed by atoms with Crippen molar-refractivity contribution in [2.75, 3.05) is 13.7 Å². The van der Waals surface area contributed by atoms with Crippen molar-refractivity contribution in [3.05, 3.63) is 52.8 Å². The SMILES string of the molecule is COc1ccc(Cl)c(CC(=O)NC2=CCN(C3(C#N)CC3)C=C2)c1. The number of carbonyl (C=O) groups is 1. The molecule has 6 heteroatoms. The highest BCUT2D eigenvalue weighted by Crippen LogP contribution is 2.41. The molecule has 1 N–H and O–H groups in total. The molecule has 1 amide bonds. The molecule has 0 aromatic heterocycles. The number of hydrogen-bond acceptors (Lipinski definition) is 4. The molecule has 24 heavy (non-hydrogen) atoms. The minimum Gasteiger partial charge on any atom is -0.497 e. The van der Waals surface area contributed by atoms with Gasteiger partial charge in [0.15, 0.2) is 0 Å². The number of ether oxygens (including phenoxy) is 1. The Balaban J connectivity index is 1.59. The van der Waals surface area contributed by atoms with Gasteiger partial charge in [0, 0.05) is 23.5 Å². The van der Waals surface area contributed by atoms with Crippen molar-refractivity contribution in [3.8, 4) is 11.8 Å². The molecule has 2 aliphatic rings. The maximum absolute atomic E-state index is 12.2. The van der Waals surface area contributed by atoms with E-state index < -0.39 is 0 Å². The van der Waals surface area contributed by atoms with E-state index in [1.165, 1.54) is 0 Å². The number of nitrogens with zero attached hydrogens (tertiary/aromatic N) is 2. The Morgan fingerprint density at radius 3 is 2.88 bits per heavy atom. The van der Waals surface area contributed by atoms with E-state index in [1.54, 1.807) is 25.3 Å². The lowest BCUT2D eigenvalue weighted by molar-refractivity contribution is -0.119. The summed E-state index contributed by atoms with van der Waals surface area (Å²) in [6, 6.07) is 7.60. The summed E-state index contributed by atoms with van der Waals surface area (Å²) in [6.45, 7) is 0.625. The zero-order valence-corrected chi connectivity index (χ0v) is 14.1. The summed E-state index contributed by atoms with van der Waals surface area (Å²) in [6.07, 6.45) is 7.60. The molecule has 0 atom stereocenters. The van der Waals surface area contributed by atoms with Gasteiger partial charge in [-0.1, -0.05) is 11.6 Å². The van der Waals surface area contributed by atoms with E-state index in [2.05, 4.69) is 11.4 Å². The summed E-state index contributed by atoms with van der Waals surface area (Å²) in [7, 11) is 1.57. The Labute approximate surface area is 146 Å². The predicted octanol–water partition coefficient (Wildman–Crippen LogP) is 2.78. The third kappa shape index (κ3) is 3.39. The van der Waals surface area contributed by atoms with Crippen LogP contribution in [0.25, 0.3) is 0 Å². The number of allylic oxidation sites excluding steroid dienone is 1. The Kier molecular flexibility index (Phi) is 4.50. The number of methoxy groups -OCH3 is 1. The molecule has 0 radical (unpaired) electrons. The standard InChI is InChI=1S/C18H18ClN3O2/c1-24-15-2-3-16(19)13(10-15)11-17(23)21-14-4-8-22(9-5-14)18(12-20)6-7-18/h2-5,8,10H,6-7,9,11H2,1H3,(H,21,23). The van der Waals surface area contributed by atoms with Crippen LogP contribution in [0.1, 0.15) is 18.4 Å². The van der Waals surface area contributed by atoms with Gasteiger partial charge in [-0.2, -0.15) is 5.26 Å². The van der Waals surface area contributed by atoms with Gasteiger partial charge in [-0.15, -0.1) is 0 Å². The number of amides is 1. The van der Waals surface area contributed by atoms with Crippen molar-refractivity contribution in [3.63, 3.8) is 0 Å². The highest BCUT2D eigenvalue weighted by molar-refractivity contribution is 6.31. The maximum atomic E-state index is 12.2. The largest absolute Gasteiger partial charge is 0.497 e. The van der Waals surface area contributed by atoms with E-state index in [9.17, 15) is 10.1 Å². The van der Waals surface area contributed by atoms with Gasteiger partial charge in [-0.3, -0.25) is 4.79 Å². The molecule has 1 aromatic carbocycles. The monoisotopic (exact) mass is 343 g/mol. The summed E-state index contributed by atoms with van der Waals surface area (Å²) < 4.78 is 5.16. The van der Waals surface area contributed by atoms with Gasteiger partial charge in [-0.25, -0.2) is 0 Å². The first-order chi connectivity index (χ1) is 11.6. The number of benzene rings is 1. The predicted molar refractivity (Wildman–Crippen MR) is 91.4 cm³/mol. The van der Waals surface area contributed by atoms with Crippen LogP contribution in [-0.4, -0.2) is 30.0 Å². The lowest BCUT2D eigenvalue weighted by Gasteiger charge is -2.27. The minimum atomic E-state index is -0.337. The summed E-state index contributed by atoms with van der Waals surface area (Å²) in [4.78, 5) is 14.2. The Morgan fingerprint density at radius 2 is 2.29 bits per heavy atom. The van der Waals surface area contributed by atoms with E-state index in [4.69, 9.17) is 16.3 Å². The lowest BCUT2D eigenvalue weighted by Crippen LogP contribution is -2.35. The molecule has 1 aliphatic heterocycles. The van der Waals surface area contributed by atoms with E-state index in [0.717, 1.165) is 24.1 Å². The van der Waals surface area contributed by atoms with Gasteiger partial charge in [0.25, 0.3) is 0 Å². The van der Waals surface area contributed by atoms with Crippen molar-refractivity contribution in [2.24, 2.45) is 0 Å². The molecule has 3 rings (SSSR count). The smallest absolute Gasteiger partial charge is 0.228 e. The van der Waals surface area contributed by atoms with Crippen LogP contribution in [0.4, 0.5) is 0 Å². The van der Waals surface area contributed by atoms with Crippen LogP contribution in [0.5, 0.6) is 5.75 Å². The van der Waals surface area contributed by atoms with Crippen LogP contribution in [-0.2, 0) is 11.2 Å².